The summed E-state index contributed by atoms with van der Waals surface area (Å²) in [6, 6.07) is 14.8. The van der Waals surface area contributed by atoms with E-state index >= 15 is 0 Å². The molecule has 0 saturated carbocycles. The van der Waals surface area contributed by atoms with Gasteiger partial charge in [-0.05, 0) is 23.8 Å². The van der Waals surface area contributed by atoms with E-state index in [4.69, 9.17) is 23.2 Å². The Hall–Kier alpha value is -1.37. The normalized spacial score (nSPS) is 16.6. The molecule has 4 nitrogen and oxygen atoms in total. The molecule has 0 amide bonds. The van der Waals surface area contributed by atoms with E-state index in [0.29, 0.717) is 11.6 Å². The Labute approximate surface area is 177 Å². The Balaban J connectivity index is 1.45. The van der Waals surface area contributed by atoms with Crippen LogP contribution in [0.1, 0.15) is 5.56 Å². The Kier molecular flexibility index (Phi) is 7.55. The van der Waals surface area contributed by atoms with Gasteiger partial charge in [0.1, 0.15) is 0 Å². The molecule has 0 radical (unpaired) electrons. The number of piperazine rings is 1. The summed E-state index contributed by atoms with van der Waals surface area (Å²) in [4.78, 5) is 4.68. The highest BCUT2D eigenvalue weighted by molar-refractivity contribution is 7.91. The van der Waals surface area contributed by atoms with Crippen LogP contribution in [-0.4, -0.2) is 63.2 Å². The zero-order valence-corrected chi connectivity index (χ0v) is 17.9. The Bertz CT molecular complexity index is 909. The fourth-order valence-electron chi connectivity index (χ4n) is 3.17. The summed E-state index contributed by atoms with van der Waals surface area (Å²) in [6.45, 7) is 4.97. The van der Waals surface area contributed by atoms with Crippen LogP contribution in [0.2, 0.25) is 10.0 Å². The van der Waals surface area contributed by atoms with E-state index in [1.165, 1.54) is 17.7 Å². The fourth-order valence-corrected chi connectivity index (χ4v) is 5.27. The highest BCUT2D eigenvalue weighted by Crippen LogP contribution is 2.26. The van der Waals surface area contributed by atoms with E-state index in [9.17, 15) is 8.42 Å². The molecule has 28 heavy (non-hydrogen) atoms. The molecule has 3 rings (SSSR count). The van der Waals surface area contributed by atoms with E-state index in [1.807, 2.05) is 18.2 Å². The van der Waals surface area contributed by atoms with Crippen molar-refractivity contribution in [3.63, 3.8) is 0 Å². The number of rotatable bonds is 7. The van der Waals surface area contributed by atoms with Crippen molar-refractivity contribution in [1.82, 2.24) is 9.80 Å². The van der Waals surface area contributed by atoms with E-state index in [2.05, 4.69) is 34.1 Å². The minimum atomic E-state index is -3.45. The van der Waals surface area contributed by atoms with Crippen molar-refractivity contribution in [3.05, 3.63) is 70.2 Å². The lowest BCUT2D eigenvalue weighted by Gasteiger charge is -2.34. The summed E-state index contributed by atoms with van der Waals surface area (Å²) in [7, 11) is -3.45. The molecule has 0 aromatic heterocycles. The fraction of sp³-hybridized carbons (Fsp3) is 0.333. The molecule has 0 spiro atoms. The molecule has 1 aliphatic heterocycles. The van der Waals surface area contributed by atoms with Crippen LogP contribution in [0, 0.1) is 0 Å². The summed E-state index contributed by atoms with van der Waals surface area (Å²) >= 11 is 12.0. The summed E-state index contributed by atoms with van der Waals surface area (Å²) in [5.41, 5.74) is 1.20. The van der Waals surface area contributed by atoms with Gasteiger partial charge >= 0.3 is 0 Å². The topological polar surface area (TPSA) is 40.6 Å². The van der Waals surface area contributed by atoms with Crippen LogP contribution in [0.5, 0.6) is 0 Å². The van der Waals surface area contributed by atoms with Gasteiger partial charge in [0.15, 0.2) is 9.84 Å². The first-order valence-corrected chi connectivity index (χ1v) is 11.7. The molecule has 7 heteroatoms. The molecule has 0 atom stereocenters. The molecule has 0 N–H and O–H groups in total. The molecule has 0 unspecified atom stereocenters. The van der Waals surface area contributed by atoms with Crippen LogP contribution in [0.3, 0.4) is 0 Å². The molecule has 0 bridgehead atoms. The zero-order valence-electron chi connectivity index (χ0n) is 15.6. The van der Waals surface area contributed by atoms with Gasteiger partial charge in [-0.25, -0.2) is 8.42 Å². The number of sulfone groups is 1. The van der Waals surface area contributed by atoms with Crippen LogP contribution >= 0.6 is 23.2 Å². The second-order valence-corrected chi connectivity index (χ2v) is 9.77. The molecule has 2 aromatic rings. The highest BCUT2D eigenvalue weighted by Gasteiger charge is 2.22. The molecule has 1 saturated heterocycles. The Morgan fingerprint density at radius 1 is 0.929 bits per heavy atom. The number of hydrogen-bond donors (Lipinski definition) is 0. The van der Waals surface area contributed by atoms with Crippen LogP contribution in [0.25, 0.3) is 6.08 Å². The predicted molar refractivity (Wildman–Crippen MR) is 117 cm³/mol. The van der Waals surface area contributed by atoms with Gasteiger partial charge in [-0.15, -0.1) is 0 Å². The van der Waals surface area contributed by atoms with Crippen molar-refractivity contribution < 1.29 is 8.42 Å². The maximum atomic E-state index is 12.6. The first kappa shape index (κ1) is 21.3. The minimum Gasteiger partial charge on any atom is -0.300 e. The van der Waals surface area contributed by atoms with Gasteiger partial charge in [-0.1, -0.05) is 65.7 Å². The van der Waals surface area contributed by atoms with E-state index in [0.717, 1.165) is 32.7 Å². The van der Waals surface area contributed by atoms with Crippen molar-refractivity contribution in [3.8, 4) is 0 Å². The molecule has 0 aliphatic carbocycles. The van der Waals surface area contributed by atoms with Gasteiger partial charge in [-0.2, -0.15) is 0 Å². The lowest BCUT2D eigenvalue weighted by Crippen LogP contribution is -2.47. The number of benzene rings is 2. The maximum absolute atomic E-state index is 12.6. The Morgan fingerprint density at radius 2 is 1.61 bits per heavy atom. The zero-order chi connectivity index (χ0) is 20.0. The average molecular weight is 439 g/mol. The van der Waals surface area contributed by atoms with E-state index < -0.39 is 9.84 Å². The molecular weight excluding hydrogens is 415 g/mol. The smallest absolute Gasteiger partial charge is 0.181 e. The number of halogens is 2. The number of hydrogen-bond acceptors (Lipinski definition) is 4. The van der Waals surface area contributed by atoms with Gasteiger partial charge in [-0.3, -0.25) is 9.80 Å². The van der Waals surface area contributed by atoms with Crippen LogP contribution in [-0.2, 0) is 9.84 Å². The summed E-state index contributed by atoms with van der Waals surface area (Å²) < 4.78 is 25.2. The van der Waals surface area contributed by atoms with Crippen LogP contribution < -0.4 is 0 Å². The molecular formula is C21H24Cl2N2O2S. The molecule has 150 valence electrons. The second-order valence-electron chi connectivity index (χ2n) is 6.85. The SMILES string of the molecule is O=S(=O)(CCN1CCN(C/C=C/c2ccccc2)CC1)c1cc(Cl)ccc1Cl. The van der Waals surface area contributed by atoms with Gasteiger partial charge in [0.25, 0.3) is 0 Å². The second kappa shape index (κ2) is 9.90. The van der Waals surface area contributed by atoms with Crippen LogP contribution in [0.4, 0.5) is 0 Å². The molecule has 2 aromatic carbocycles. The quantitative estimate of drug-likeness (QED) is 0.652. The van der Waals surface area contributed by atoms with Gasteiger partial charge < -0.3 is 0 Å². The Morgan fingerprint density at radius 3 is 2.32 bits per heavy atom. The minimum absolute atomic E-state index is 0.0426. The van der Waals surface area contributed by atoms with Crippen molar-refractivity contribution in [2.24, 2.45) is 0 Å². The van der Waals surface area contributed by atoms with E-state index in [1.54, 1.807) is 6.07 Å². The molecule has 1 fully saturated rings. The highest BCUT2D eigenvalue weighted by atomic mass is 35.5. The average Bonchev–Trinajstić information content (AvgIpc) is 2.70. The number of nitrogens with zero attached hydrogens (tertiary/aromatic N) is 2. The van der Waals surface area contributed by atoms with Gasteiger partial charge in [0, 0.05) is 44.3 Å². The van der Waals surface area contributed by atoms with Crippen molar-refractivity contribution in [1.29, 1.82) is 0 Å². The first-order valence-electron chi connectivity index (χ1n) is 9.28. The molecule has 1 aliphatic rings. The van der Waals surface area contributed by atoms with Gasteiger partial charge in [0.2, 0.25) is 0 Å². The summed E-state index contributed by atoms with van der Waals surface area (Å²) in [6.07, 6.45) is 4.31. The third-order valence-electron chi connectivity index (χ3n) is 4.84. The third-order valence-corrected chi connectivity index (χ3v) is 7.25. The summed E-state index contributed by atoms with van der Waals surface area (Å²) in [5, 5.41) is 0.597. The summed E-state index contributed by atoms with van der Waals surface area (Å²) in [5.74, 6) is 0.0426. The van der Waals surface area contributed by atoms with Crippen molar-refractivity contribution in [2.45, 2.75) is 4.90 Å². The first-order chi connectivity index (χ1) is 13.4. The van der Waals surface area contributed by atoms with Gasteiger partial charge in [0.05, 0.1) is 15.7 Å². The monoisotopic (exact) mass is 438 g/mol. The standard InChI is InChI=1S/C21H24Cl2N2O2S/c22-19-8-9-20(23)21(17-19)28(26,27)16-15-25-13-11-24(12-14-25)10-4-7-18-5-2-1-3-6-18/h1-9,17H,10-16H2/b7-4+. The lowest BCUT2D eigenvalue weighted by atomic mass is 10.2. The van der Waals surface area contributed by atoms with Crippen molar-refractivity contribution in [2.75, 3.05) is 45.0 Å². The largest absolute Gasteiger partial charge is 0.300 e. The lowest BCUT2D eigenvalue weighted by molar-refractivity contribution is 0.148. The third kappa shape index (κ3) is 6.06. The van der Waals surface area contributed by atoms with Crippen LogP contribution in [0.15, 0.2) is 59.5 Å². The van der Waals surface area contributed by atoms with Crippen molar-refractivity contribution >= 4 is 39.1 Å². The predicted octanol–water partition coefficient (Wildman–Crippen LogP) is 4.10. The maximum Gasteiger partial charge on any atom is 0.181 e. The van der Waals surface area contributed by atoms with E-state index in [-0.39, 0.29) is 15.7 Å². The molecule has 1 heterocycles.